The Balaban J connectivity index is 2.09. The van der Waals surface area contributed by atoms with Crippen LogP contribution in [0.15, 0.2) is 41.9 Å². The monoisotopic (exact) mass is 304 g/mol. The molecule has 1 unspecified atom stereocenters. The van der Waals surface area contributed by atoms with E-state index in [1.807, 2.05) is 0 Å². The number of hydrogen-bond donors (Lipinski definition) is 2. The summed E-state index contributed by atoms with van der Waals surface area (Å²) in [6.07, 6.45) is 2.80. The third kappa shape index (κ3) is 2.59. The van der Waals surface area contributed by atoms with Crippen LogP contribution in [0, 0.1) is 0 Å². The van der Waals surface area contributed by atoms with Crippen molar-refractivity contribution in [1.29, 1.82) is 0 Å². The van der Waals surface area contributed by atoms with Crippen LogP contribution in [0.3, 0.4) is 0 Å². The fraction of sp³-hybridized carbons (Fsp3) is 0.143. The molecule has 1 aromatic carbocycles. The summed E-state index contributed by atoms with van der Waals surface area (Å²) in [5.41, 5.74) is 1.06. The number of fused-ring (bicyclic) bond motifs is 1. The van der Waals surface area contributed by atoms with Gasteiger partial charge in [0.25, 0.3) is 0 Å². The van der Waals surface area contributed by atoms with Crippen molar-refractivity contribution in [3.05, 3.63) is 47.5 Å². The normalized spacial score (nSPS) is 19.7. The summed E-state index contributed by atoms with van der Waals surface area (Å²) in [6, 6.07) is 6.66. The van der Waals surface area contributed by atoms with Gasteiger partial charge in [0, 0.05) is 17.0 Å². The highest BCUT2D eigenvalue weighted by Gasteiger charge is 2.24. The number of rotatable bonds is 3. The number of nitrogens with zero attached hydrogens (tertiary/aromatic N) is 1. The number of benzene rings is 1. The van der Waals surface area contributed by atoms with E-state index in [-0.39, 0.29) is 11.3 Å². The summed E-state index contributed by atoms with van der Waals surface area (Å²) in [4.78, 5) is 15.5. The highest BCUT2D eigenvalue weighted by atomic mass is 32.2. The first kappa shape index (κ1) is 13.6. The predicted octanol–water partition coefficient (Wildman–Crippen LogP) is 1.66. The third-order valence-corrected chi connectivity index (χ3v) is 4.66. The molecule has 1 aromatic heterocycles. The van der Waals surface area contributed by atoms with Crippen LogP contribution < -0.4 is 5.32 Å². The molecule has 2 N–H and O–H groups in total. The highest BCUT2D eigenvalue weighted by Crippen LogP contribution is 2.27. The van der Waals surface area contributed by atoms with Gasteiger partial charge in [0.2, 0.25) is 0 Å². The Morgan fingerprint density at radius 1 is 1.33 bits per heavy atom. The van der Waals surface area contributed by atoms with Crippen LogP contribution in [0.1, 0.15) is 10.4 Å². The Morgan fingerprint density at radius 3 is 2.76 bits per heavy atom. The lowest BCUT2D eigenvalue weighted by Gasteiger charge is -2.16. The average molecular weight is 304 g/mol. The number of nitrogens with one attached hydrogen (secondary N) is 1. The average Bonchev–Trinajstić information content (AvgIpc) is 2.78. The van der Waals surface area contributed by atoms with E-state index in [0.29, 0.717) is 16.6 Å². The molecule has 0 radical (unpaired) electrons. The van der Waals surface area contributed by atoms with Crippen molar-refractivity contribution < 1.29 is 18.3 Å². The van der Waals surface area contributed by atoms with Crippen LogP contribution in [0.2, 0.25) is 0 Å². The lowest BCUT2D eigenvalue weighted by Crippen LogP contribution is -2.22. The van der Waals surface area contributed by atoms with E-state index in [1.54, 1.807) is 24.3 Å². The number of aromatic carboxylic acids is 1. The SMILES string of the molecule is O=C(O)c1cnc2ccccc2c1NC1C=CS(=O)(=O)C1. The van der Waals surface area contributed by atoms with E-state index in [1.165, 1.54) is 12.3 Å². The van der Waals surface area contributed by atoms with Crippen molar-refractivity contribution in [2.45, 2.75) is 6.04 Å². The minimum Gasteiger partial charge on any atom is -0.478 e. The third-order valence-electron chi connectivity index (χ3n) is 3.27. The summed E-state index contributed by atoms with van der Waals surface area (Å²) in [6.45, 7) is 0. The molecule has 0 aliphatic carbocycles. The number of para-hydroxylation sites is 1. The molecule has 1 aliphatic rings. The van der Waals surface area contributed by atoms with Crippen molar-refractivity contribution >= 4 is 32.4 Å². The number of carbonyl (C=O) groups is 1. The molecule has 1 aliphatic heterocycles. The van der Waals surface area contributed by atoms with Crippen LogP contribution in [-0.2, 0) is 9.84 Å². The second-order valence-electron chi connectivity index (χ2n) is 4.78. The molecule has 0 saturated carbocycles. The van der Waals surface area contributed by atoms with Gasteiger partial charge in [0.15, 0.2) is 9.84 Å². The number of pyridine rings is 1. The molecule has 1 atom stereocenters. The minimum atomic E-state index is -3.21. The molecule has 7 heteroatoms. The summed E-state index contributed by atoms with van der Waals surface area (Å²) < 4.78 is 22.9. The fourth-order valence-corrected chi connectivity index (χ4v) is 3.55. The van der Waals surface area contributed by atoms with E-state index < -0.39 is 21.8 Å². The first-order valence-corrected chi connectivity index (χ1v) is 7.96. The van der Waals surface area contributed by atoms with Crippen LogP contribution in [-0.4, -0.2) is 36.3 Å². The van der Waals surface area contributed by atoms with Crippen molar-refractivity contribution in [2.75, 3.05) is 11.1 Å². The van der Waals surface area contributed by atoms with Gasteiger partial charge < -0.3 is 10.4 Å². The molecule has 0 amide bonds. The van der Waals surface area contributed by atoms with E-state index in [4.69, 9.17) is 0 Å². The van der Waals surface area contributed by atoms with E-state index in [0.717, 1.165) is 5.41 Å². The second kappa shape index (κ2) is 4.85. The smallest absolute Gasteiger partial charge is 0.339 e. The largest absolute Gasteiger partial charge is 0.478 e. The van der Waals surface area contributed by atoms with Crippen molar-refractivity contribution in [3.63, 3.8) is 0 Å². The lowest BCUT2D eigenvalue weighted by atomic mass is 10.1. The quantitative estimate of drug-likeness (QED) is 0.895. The fourth-order valence-electron chi connectivity index (χ4n) is 2.31. The van der Waals surface area contributed by atoms with Gasteiger partial charge in [-0.25, -0.2) is 13.2 Å². The van der Waals surface area contributed by atoms with E-state index in [9.17, 15) is 18.3 Å². The Bertz CT molecular complexity index is 858. The number of hydrogen-bond acceptors (Lipinski definition) is 5. The van der Waals surface area contributed by atoms with E-state index >= 15 is 0 Å². The minimum absolute atomic E-state index is 0.0198. The zero-order valence-corrected chi connectivity index (χ0v) is 11.7. The number of anilines is 1. The van der Waals surface area contributed by atoms with Gasteiger partial charge in [0.1, 0.15) is 5.56 Å². The lowest BCUT2D eigenvalue weighted by molar-refractivity contribution is 0.0697. The molecule has 21 heavy (non-hydrogen) atoms. The van der Waals surface area contributed by atoms with Gasteiger partial charge in [-0.1, -0.05) is 24.3 Å². The highest BCUT2D eigenvalue weighted by molar-refractivity contribution is 7.94. The summed E-state index contributed by atoms with van der Waals surface area (Å²) in [5, 5.41) is 14.1. The maximum absolute atomic E-state index is 11.5. The zero-order chi connectivity index (χ0) is 15.0. The molecule has 0 saturated heterocycles. The van der Waals surface area contributed by atoms with Gasteiger partial charge in [-0.05, 0) is 6.07 Å². The summed E-state index contributed by atoms with van der Waals surface area (Å²) in [5.74, 6) is -1.19. The van der Waals surface area contributed by atoms with Crippen LogP contribution >= 0.6 is 0 Å². The van der Waals surface area contributed by atoms with Gasteiger partial charge >= 0.3 is 5.97 Å². The number of carboxylic acid groups (broad SMARTS) is 1. The van der Waals surface area contributed by atoms with Gasteiger partial charge in [-0.2, -0.15) is 0 Å². The van der Waals surface area contributed by atoms with Gasteiger partial charge in [0.05, 0.1) is 23.0 Å². The first-order valence-electron chi connectivity index (χ1n) is 6.25. The van der Waals surface area contributed by atoms with Crippen molar-refractivity contribution in [1.82, 2.24) is 4.98 Å². The number of carboxylic acids is 1. The maximum atomic E-state index is 11.5. The number of sulfone groups is 1. The molecular formula is C14H12N2O4S. The van der Waals surface area contributed by atoms with Gasteiger partial charge in [-0.3, -0.25) is 4.98 Å². The molecule has 0 bridgehead atoms. The molecule has 108 valence electrons. The molecule has 0 spiro atoms. The first-order chi connectivity index (χ1) is 9.96. The summed E-state index contributed by atoms with van der Waals surface area (Å²) in [7, 11) is -3.21. The van der Waals surface area contributed by atoms with Crippen molar-refractivity contribution in [3.8, 4) is 0 Å². The zero-order valence-electron chi connectivity index (χ0n) is 10.9. The van der Waals surface area contributed by atoms with Crippen LogP contribution in [0.4, 0.5) is 5.69 Å². The van der Waals surface area contributed by atoms with E-state index in [2.05, 4.69) is 10.3 Å². The Morgan fingerprint density at radius 2 is 2.10 bits per heavy atom. The Labute approximate surface area is 121 Å². The van der Waals surface area contributed by atoms with Crippen LogP contribution in [0.25, 0.3) is 10.9 Å². The Kier molecular flexibility index (Phi) is 3.13. The second-order valence-corrected chi connectivity index (χ2v) is 6.71. The maximum Gasteiger partial charge on any atom is 0.339 e. The molecular weight excluding hydrogens is 292 g/mol. The standard InChI is InChI=1S/C14H12N2O4S/c17-14(18)11-7-15-12-4-2-1-3-10(12)13(11)16-9-5-6-21(19,20)8-9/h1-7,9H,8H2,(H,15,16)(H,17,18). The van der Waals surface area contributed by atoms with Gasteiger partial charge in [-0.15, -0.1) is 0 Å². The Hall–Kier alpha value is -2.41. The molecule has 0 fully saturated rings. The summed E-state index contributed by atoms with van der Waals surface area (Å²) >= 11 is 0. The molecule has 2 heterocycles. The van der Waals surface area contributed by atoms with Crippen molar-refractivity contribution in [2.24, 2.45) is 0 Å². The number of aromatic nitrogens is 1. The van der Waals surface area contributed by atoms with Crippen LogP contribution in [0.5, 0.6) is 0 Å². The molecule has 3 rings (SSSR count). The molecule has 2 aromatic rings. The molecule has 6 nitrogen and oxygen atoms in total. The topological polar surface area (TPSA) is 96.4 Å². The predicted molar refractivity (Wildman–Crippen MR) is 79.0 cm³/mol.